The highest BCUT2D eigenvalue weighted by molar-refractivity contribution is 6.32. The quantitative estimate of drug-likeness (QED) is 0.906. The van der Waals surface area contributed by atoms with E-state index in [1.54, 1.807) is 6.07 Å². The maximum atomic E-state index is 12.8. The predicted octanol–water partition coefficient (Wildman–Crippen LogP) is 2.96. The van der Waals surface area contributed by atoms with Crippen molar-refractivity contribution >= 4 is 23.5 Å². The number of ether oxygens (including phenoxy) is 1. The Morgan fingerprint density at radius 2 is 2.16 bits per heavy atom. The number of rotatable bonds is 4. The average molecular weight is 361 g/mol. The molecule has 2 aromatic rings. The van der Waals surface area contributed by atoms with Gasteiger partial charge in [-0.15, -0.1) is 0 Å². The van der Waals surface area contributed by atoms with Gasteiger partial charge in [0.1, 0.15) is 5.02 Å². The molecule has 1 unspecified atom stereocenters. The van der Waals surface area contributed by atoms with Crippen LogP contribution in [-0.2, 0) is 11.3 Å². The number of aromatic nitrogens is 1. The number of amides is 1. The molecule has 130 valence electrons. The second-order valence-electron chi connectivity index (χ2n) is 5.72. The Hall–Kier alpha value is -2.60. The van der Waals surface area contributed by atoms with Crippen LogP contribution in [0.5, 0.6) is 5.88 Å². The minimum Gasteiger partial charge on any atom is -0.481 e. The third-order valence-electron chi connectivity index (χ3n) is 4.12. The van der Waals surface area contributed by atoms with Crippen LogP contribution in [0.4, 0.5) is 0 Å². The van der Waals surface area contributed by atoms with Crippen molar-refractivity contribution in [3.8, 4) is 5.88 Å². The van der Waals surface area contributed by atoms with Crippen LogP contribution in [-0.4, -0.2) is 40.0 Å². The molecule has 0 aliphatic carbocycles. The summed E-state index contributed by atoms with van der Waals surface area (Å²) in [6.45, 7) is 2.69. The van der Waals surface area contributed by atoms with Gasteiger partial charge in [-0.1, -0.05) is 35.9 Å². The van der Waals surface area contributed by atoms with Gasteiger partial charge in [-0.05, 0) is 24.1 Å². The maximum Gasteiger partial charge on any atom is 0.312 e. The fraction of sp³-hybridized carbons (Fsp3) is 0.278. The fourth-order valence-corrected chi connectivity index (χ4v) is 3.16. The Labute approximate surface area is 150 Å². The van der Waals surface area contributed by atoms with E-state index in [4.69, 9.17) is 16.3 Å². The summed E-state index contributed by atoms with van der Waals surface area (Å²) in [5.41, 5.74) is 1.89. The van der Waals surface area contributed by atoms with Gasteiger partial charge in [0.05, 0.1) is 18.1 Å². The molecular formula is C18H17ClN2O4. The van der Waals surface area contributed by atoms with Crippen molar-refractivity contribution in [3.63, 3.8) is 0 Å². The average Bonchev–Trinajstić information content (AvgIpc) is 2.61. The highest BCUT2D eigenvalue weighted by atomic mass is 35.5. The summed E-state index contributed by atoms with van der Waals surface area (Å²) in [4.78, 5) is 30.0. The van der Waals surface area contributed by atoms with Crippen LogP contribution in [0.2, 0.25) is 5.02 Å². The Morgan fingerprint density at radius 1 is 1.40 bits per heavy atom. The Morgan fingerprint density at radius 3 is 2.84 bits per heavy atom. The summed E-state index contributed by atoms with van der Waals surface area (Å²) >= 11 is 6.10. The molecule has 0 saturated carbocycles. The molecule has 1 N–H and O–H groups in total. The van der Waals surface area contributed by atoms with Crippen LogP contribution in [0.25, 0.3) is 0 Å². The van der Waals surface area contributed by atoms with Gasteiger partial charge >= 0.3 is 5.97 Å². The molecule has 0 saturated heterocycles. The lowest BCUT2D eigenvalue weighted by Crippen LogP contribution is -2.40. The standard InChI is InChI=1S/C18H17ClN2O4/c1-2-25-16-15(19)7-12(8-20-16)17(22)21-9-11-5-3-4-6-13(11)14(10-21)18(23)24/h3-8,14H,2,9-10H2,1H3,(H,23,24). The molecule has 1 aliphatic heterocycles. The number of hydrogen-bond donors (Lipinski definition) is 1. The molecule has 1 aliphatic rings. The van der Waals surface area contributed by atoms with Gasteiger partial charge in [0.2, 0.25) is 5.88 Å². The molecule has 0 spiro atoms. The first-order valence-corrected chi connectivity index (χ1v) is 8.27. The molecule has 6 nitrogen and oxygen atoms in total. The number of fused-ring (bicyclic) bond motifs is 1. The number of aliphatic carboxylic acids is 1. The van der Waals surface area contributed by atoms with E-state index >= 15 is 0 Å². The second-order valence-corrected chi connectivity index (χ2v) is 6.13. The molecule has 0 radical (unpaired) electrons. The molecule has 0 fully saturated rings. The van der Waals surface area contributed by atoms with Crippen molar-refractivity contribution in [2.24, 2.45) is 0 Å². The maximum absolute atomic E-state index is 12.8. The van der Waals surface area contributed by atoms with Crippen molar-refractivity contribution in [2.45, 2.75) is 19.4 Å². The first-order valence-electron chi connectivity index (χ1n) is 7.89. The van der Waals surface area contributed by atoms with Crippen LogP contribution < -0.4 is 4.74 Å². The number of benzene rings is 1. The van der Waals surface area contributed by atoms with Gasteiger partial charge in [-0.2, -0.15) is 0 Å². The van der Waals surface area contributed by atoms with E-state index in [2.05, 4.69) is 4.98 Å². The first-order chi connectivity index (χ1) is 12.0. The molecule has 1 aromatic heterocycles. The molecule has 0 bridgehead atoms. The molecule has 1 aromatic carbocycles. The fourth-order valence-electron chi connectivity index (χ4n) is 2.94. The van der Waals surface area contributed by atoms with Crippen LogP contribution in [0.15, 0.2) is 36.5 Å². The third kappa shape index (κ3) is 3.44. The SMILES string of the molecule is CCOc1ncc(C(=O)N2Cc3ccccc3C(C(=O)O)C2)cc1Cl. The zero-order chi connectivity index (χ0) is 18.0. The molecule has 1 atom stereocenters. The van der Waals surface area contributed by atoms with Crippen molar-refractivity contribution in [1.29, 1.82) is 0 Å². The monoisotopic (exact) mass is 360 g/mol. The Balaban J connectivity index is 1.88. The van der Waals surface area contributed by atoms with Gasteiger partial charge in [0.15, 0.2) is 0 Å². The Bertz CT molecular complexity index is 824. The summed E-state index contributed by atoms with van der Waals surface area (Å²) in [7, 11) is 0. The van der Waals surface area contributed by atoms with Crippen molar-refractivity contribution in [1.82, 2.24) is 9.88 Å². The van der Waals surface area contributed by atoms with Crippen LogP contribution >= 0.6 is 11.6 Å². The number of carbonyl (C=O) groups excluding carboxylic acids is 1. The zero-order valence-electron chi connectivity index (χ0n) is 13.6. The van der Waals surface area contributed by atoms with Crippen molar-refractivity contribution in [3.05, 3.63) is 58.2 Å². The van der Waals surface area contributed by atoms with Crippen LogP contribution in [0.3, 0.4) is 0 Å². The van der Waals surface area contributed by atoms with E-state index in [0.717, 1.165) is 11.1 Å². The van der Waals surface area contributed by atoms with E-state index in [1.807, 2.05) is 25.1 Å². The molecule has 3 rings (SSSR count). The van der Waals surface area contributed by atoms with Gasteiger partial charge in [-0.3, -0.25) is 9.59 Å². The number of carboxylic acids is 1. The van der Waals surface area contributed by atoms with Crippen molar-refractivity contribution in [2.75, 3.05) is 13.2 Å². The van der Waals surface area contributed by atoms with Crippen LogP contribution in [0.1, 0.15) is 34.3 Å². The predicted molar refractivity (Wildman–Crippen MR) is 92.0 cm³/mol. The van der Waals surface area contributed by atoms with E-state index in [1.165, 1.54) is 17.2 Å². The van der Waals surface area contributed by atoms with Crippen LogP contribution in [0, 0.1) is 0 Å². The zero-order valence-corrected chi connectivity index (χ0v) is 14.4. The minimum atomic E-state index is -0.951. The normalized spacial score (nSPS) is 16.2. The second kappa shape index (κ2) is 7.11. The number of halogens is 1. The number of carboxylic acid groups (broad SMARTS) is 1. The van der Waals surface area contributed by atoms with Gasteiger partial charge < -0.3 is 14.7 Å². The van der Waals surface area contributed by atoms with E-state index in [9.17, 15) is 14.7 Å². The lowest BCUT2D eigenvalue weighted by Gasteiger charge is -2.32. The molecule has 1 amide bonds. The number of hydrogen-bond acceptors (Lipinski definition) is 4. The van der Waals surface area contributed by atoms with E-state index in [0.29, 0.717) is 18.7 Å². The summed E-state index contributed by atoms with van der Waals surface area (Å²) in [6, 6.07) is 8.78. The third-order valence-corrected chi connectivity index (χ3v) is 4.39. The summed E-state index contributed by atoms with van der Waals surface area (Å²) in [5.74, 6) is -1.74. The minimum absolute atomic E-state index is 0.107. The molecule has 2 heterocycles. The largest absolute Gasteiger partial charge is 0.481 e. The number of nitrogens with zero attached hydrogens (tertiary/aromatic N) is 2. The van der Waals surface area contributed by atoms with Gasteiger partial charge in [0, 0.05) is 19.3 Å². The summed E-state index contributed by atoms with van der Waals surface area (Å²) < 4.78 is 5.27. The lowest BCUT2D eigenvalue weighted by molar-refractivity contribution is -0.139. The smallest absolute Gasteiger partial charge is 0.312 e. The van der Waals surface area contributed by atoms with E-state index in [-0.39, 0.29) is 23.4 Å². The number of carbonyl (C=O) groups is 2. The van der Waals surface area contributed by atoms with Gasteiger partial charge in [-0.25, -0.2) is 4.98 Å². The molecule has 25 heavy (non-hydrogen) atoms. The Kier molecular flexibility index (Phi) is 4.90. The first kappa shape index (κ1) is 17.2. The van der Waals surface area contributed by atoms with Gasteiger partial charge in [0.25, 0.3) is 5.91 Å². The molecular weight excluding hydrogens is 344 g/mol. The lowest BCUT2D eigenvalue weighted by atomic mass is 9.89. The highest BCUT2D eigenvalue weighted by Gasteiger charge is 2.33. The van der Waals surface area contributed by atoms with Crippen molar-refractivity contribution < 1.29 is 19.4 Å². The number of pyridine rings is 1. The molecule has 7 heteroatoms. The topological polar surface area (TPSA) is 79.7 Å². The highest BCUT2D eigenvalue weighted by Crippen LogP contribution is 2.30. The summed E-state index contributed by atoms with van der Waals surface area (Å²) in [5, 5.41) is 9.76. The summed E-state index contributed by atoms with van der Waals surface area (Å²) in [6.07, 6.45) is 1.40. The van der Waals surface area contributed by atoms with E-state index < -0.39 is 11.9 Å².